The van der Waals surface area contributed by atoms with Crippen molar-refractivity contribution in [2.45, 2.75) is 32.2 Å². The van der Waals surface area contributed by atoms with Crippen LogP contribution in [0.2, 0.25) is 5.02 Å². The Bertz CT molecular complexity index is 4990. The molecule has 90 heavy (non-hydrogen) atoms. The van der Waals surface area contributed by atoms with E-state index in [1.165, 1.54) is 6.07 Å². The third-order valence-electron chi connectivity index (χ3n) is 18.1. The van der Waals surface area contributed by atoms with Gasteiger partial charge in [-0.3, -0.25) is 4.79 Å². The molecule has 20 nitrogen and oxygen atoms in total. The maximum absolute atomic E-state index is 15.0. The van der Waals surface area contributed by atoms with Crippen LogP contribution in [0.25, 0.3) is 77.5 Å². The smallest absolute Gasteiger partial charge is 0.294 e. The van der Waals surface area contributed by atoms with Crippen molar-refractivity contribution >= 4 is 102 Å². The standard InChI is InChI=1S/C68H56ClFN19O/c1-37-19-60-47(15-18-87(60)63-48-21-39(7-10-54(48)79-34-80-63)43-28-75-67(72)76-29-43)61(20-37)89-36-82-64(50-23-40(9-12-58(50)89)44-30-77-68(73)78-31-44)85-17-14-46-55(85)5-4-6-56(46)88-35-81-65(86-16-13-41-25-53(70)52(69)26-59(41)86)49-22-38(8-11-57(49)88)42-24-51(62(71)74-27-42)66(90)84-32-45(33-84)83(2)3/h4-12,19-31,34-36,45H,13-18,32-33H2,1-3H3,(H5-,71,72,73,74,75,76,77,78,90)/q+1/p+1. The van der Waals surface area contributed by atoms with E-state index in [1.807, 2.05) is 51.0 Å². The number of nitrogens with two attached hydrogens (primary N) is 3. The number of pyridine rings is 1. The second-order valence-corrected chi connectivity index (χ2v) is 24.0. The predicted octanol–water partition coefficient (Wildman–Crippen LogP) is 9.57. The van der Waals surface area contributed by atoms with Crippen LogP contribution >= 0.6 is 11.6 Å². The summed E-state index contributed by atoms with van der Waals surface area (Å²) in [5.74, 6) is 2.25. The second kappa shape index (κ2) is 21.2. The van der Waals surface area contributed by atoms with E-state index in [1.54, 1.807) is 48.3 Å². The minimum absolute atomic E-state index is 0.0394. The second-order valence-electron chi connectivity index (χ2n) is 23.6. The number of hydrogen-bond donors (Lipinski definition) is 3. The molecule has 6 N–H and O–H groups in total. The third kappa shape index (κ3) is 9.05. The maximum atomic E-state index is 15.0. The van der Waals surface area contributed by atoms with Gasteiger partial charge in [0.15, 0.2) is 0 Å². The molecule has 0 atom stereocenters. The van der Waals surface area contributed by atoms with Gasteiger partial charge >= 0.3 is 0 Å². The Hall–Kier alpha value is -10.9. The van der Waals surface area contributed by atoms with E-state index in [4.69, 9.17) is 43.8 Å². The van der Waals surface area contributed by atoms with Crippen molar-refractivity contribution in [3.8, 4) is 44.8 Å². The van der Waals surface area contributed by atoms with Crippen molar-refractivity contribution < 1.29 is 18.3 Å². The van der Waals surface area contributed by atoms with Crippen molar-refractivity contribution in [3.05, 3.63) is 192 Å². The summed E-state index contributed by atoms with van der Waals surface area (Å²) in [5, 5.41) is 2.69. The molecule has 1 amide bonds. The van der Waals surface area contributed by atoms with Crippen molar-refractivity contribution in [3.63, 3.8) is 0 Å². The van der Waals surface area contributed by atoms with Gasteiger partial charge in [-0.25, -0.2) is 39.3 Å². The minimum atomic E-state index is -0.458. The molecule has 12 aromatic rings. The van der Waals surface area contributed by atoms with Gasteiger partial charge in [0.05, 0.1) is 38.3 Å². The molecule has 4 aliphatic rings. The first-order valence-electron chi connectivity index (χ1n) is 29.7. The van der Waals surface area contributed by atoms with Crippen LogP contribution in [0.15, 0.2) is 153 Å². The van der Waals surface area contributed by atoms with Gasteiger partial charge in [-0.2, -0.15) is 9.13 Å². The Morgan fingerprint density at radius 2 is 1.13 bits per heavy atom. The highest BCUT2D eigenvalue weighted by molar-refractivity contribution is 6.31. The topological polar surface area (TPSA) is 235 Å². The van der Waals surface area contributed by atoms with Crippen LogP contribution in [-0.4, -0.2) is 113 Å². The average molecular weight is 1210 g/mol. The van der Waals surface area contributed by atoms with E-state index in [9.17, 15) is 9.18 Å². The molecular weight excluding hydrogens is 1150 g/mol. The van der Waals surface area contributed by atoms with Gasteiger partial charge < -0.3 is 41.7 Å². The quantitative estimate of drug-likeness (QED) is 0.108. The lowest BCUT2D eigenvalue weighted by molar-refractivity contribution is -0.571. The zero-order chi connectivity index (χ0) is 61.2. The van der Waals surface area contributed by atoms with Crippen LogP contribution in [0.5, 0.6) is 0 Å². The number of aryl methyl sites for hydroxylation is 1. The van der Waals surface area contributed by atoms with Gasteiger partial charge in [0.2, 0.25) is 11.9 Å². The number of likely N-dealkylation sites (tertiary alicyclic amines) is 1. The summed E-state index contributed by atoms with van der Waals surface area (Å²) in [6, 6.07) is 34.9. The van der Waals surface area contributed by atoms with Crippen LogP contribution in [0, 0.1) is 12.7 Å². The summed E-state index contributed by atoms with van der Waals surface area (Å²) in [6.45, 7) is 5.24. The molecule has 0 radical (unpaired) electrons. The molecule has 0 bridgehead atoms. The summed E-state index contributed by atoms with van der Waals surface area (Å²) < 4.78 is 19.3. The number of hydrogen-bond acceptors (Lipinski definition) is 17. The zero-order valence-electron chi connectivity index (χ0n) is 49.2. The molecule has 6 aromatic carbocycles. The molecule has 1 fully saturated rings. The van der Waals surface area contributed by atoms with Crippen LogP contribution in [0.4, 0.5) is 56.6 Å². The van der Waals surface area contributed by atoms with Crippen molar-refractivity contribution in [2.75, 3.05) is 78.7 Å². The number of carbonyl (C=O) groups is 1. The van der Waals surface area contributed by atoms with E-state index in [-0.39, 0.29) is 34.7 Å². The molecule has 10 heterocycles. The number of benzene rings is 6. The van der Waals surface area contributed by atoms with Crippen LogP contribution < -0.4 is 41.0 Å². The first kappa shape index (κ1) is 54.5. The van der Waals surface area contributed by atoms with Crippen molar-refractivity contribution in [1.82, 2.24) is 54.7 Å². The first-order valence-corrected chi connectivity index (χ1v) is 30.0. The molecule has 1 saturated heterocycles. The van der Waals surface area contributed by atoms with Gasteiger partial charge in [-0.05, 0) is 163 Å². The molecule has 0 unspecified atom stereocenters. The highest BCUT2D eigenvalue weighted by Gasteiger charge is 2.37. The summed E-state index contributed by atoms with van der Waals surface area (Å²) in [5.41, 5.74) is 35.4. The van der Waals surface area contributed by atoms with E-state index in [0.29, 0.717) is 56.9 Å². The number of likely N-dealkylation sites (N-methyl/N-ethyl adjacent to an activating group) is 1. The molecule has 0 spiro atoms. The zero-order valence-corrected chi connectivity index (χ0v) is 50.0. The molecule has 442 valence electrons. The number of nitrogens with zero attached hydrogens (tertiary/aromatic N) is 16. The summed E-state index contributed by atoms with van der Waals surface area (Å²) in [7, 11) is 4.03. The van der Waals surface area contributed by atoms with Gasteiger partial charge in [0, 0.05) is 109 Å². The Balaban J connectivity index is 0.804. The van der Waals surface area contributed by atoms with Crippen LogP contribution in [0.3, 0.4) is 0 Å². The molecule has 22 heteroatoms. The normalized spacial score (nSPS) is 14.5. The molecule has 0 aliphatic carbocycles. The SMILES string of the molecule is Cc1cc2c(c(-[n+]3cnc(N4CCc5c4cccc5-[n+]4cnc(N5CCc6cc(F)c(Cl)cc65)c5cc(-c6cnc(N)c(C(=O)N7CC(N(C)C)C7)c6)ccc54)c4cc(-c5cnc(N)nc5)ccc43)c1)CCN2c1ncnc2ccc(-c3cnc(N)nc3)cc12. The Labute approximate surface area is 520 Å². The number of carbonyl (C=O) groups excluding carboxylic acids is 1. The van der Waals surface area contributed by atoms with Gasteiger partial charge in [0.1, 0.15) is 46.2 Å². The van der Waals surface area contributed by atoms with Crippen LogP contribution in [0.1, 0.15) is 32.6 Å². The highest BCUT2D eigenvalue weighted by atomic mass is 35.5. The number of rotatable bonds is 10. The van der Waals surface area contributed by atoms with E-state index in [2.05, 4.69) is 132 Å². The lowest BCUT2D eigenvalue weighted by Gasteiger charge is -2.42. The van der Waals surface area contributed by atoms with Crippen molar-refractivity contribution in [2.24, 2.45) is 0 Å². The number of halogens is 2. The Morgan fingerprint density at radius 3 is 1.80 bits per heavy atom. The maximum Gasteiger partial charge on any atom is 0.294 e. The van der Waals surface area contributed by atoms with Crippen molar-refractivity contribution in [1.29, 1.82) is 0 Å². The number of aromatic nitrogens is 11. The van der Waals surface area contributed by atoms with E-state index in [0.717, 1.165) is 135 Å². The Morgan fingerprint density at radius 1 is 0.567 bits per heavy atom. The van der Waals surface area contributed by atoms with E-state index >= 15 is 0 Å². The largest absolute Gasteiger partial charge is 0.383 e. The molecule has 16 rings (SSSR count). The number of anilines is 9. The first-order chi connectivity index (χ1) is 43.8. The average Bonchev–Trinajstić information content (AvgIpc) is 1.42. The molecule has 6 aromatic heterocycles. The number of fused-ring (bicyclic) bond motifs is 6. The summed E-state index contributed by atoms with van der Waals surface area (Å²) >= 11 is 6.49. The summed E-state index contributed by atoms with van der Waals surface area (Å²) in [4.78, 5) is 66.6. The highest BCUT2D eigenvalue weighted by Crippen LogP contribution is 2.45. The minimum Gasteiger partial charge on any atom is -0.383 e. The lowest BCUT2D eigenvalue weighted by atomic mass is 10.0. The van der Waals surface area contributed by atoms with Crippen LogP contribution in [-0.2, 0) is 19.3 Å². The summed E-state index contributed by atoms with van der Waals surface area (Å²) in [6.07, 6.45) is 16.2. The van der Waals surface area contributed by atoms with Gasteiger partial charge in [-0.1, -0.05) is 29.8 Å². The monoisotopic (exact) mass is 1210 g/mol. The van der Waals surface area contributed by atoms with Gasteiger partial charge in [-0.15, -0.1) is 0 Å². The van der Waals surface area contributed by atoms with E-state index < -0.39 is 5.82 Å². The predicted molar refractivity (Wildman–Crippen MR) is 346 cm³/mol. The lowest BCUT2D eigenvalue weighted by Crippen LogP contribution is -2.59. The molecule has 4 aliphatic heterocycles. The number of nitrogen functional groups attached to an aromatic ring is 3. The fraction of sp³-hybridized carbons (Fsp3) is 0.176. The molecule has 0 saturated carbocycles. The fourth-order valence-electron chi connectivity index (χ4n) is 13.4. The number of amides is 1. The molecular formula is C68H57ClFN19O+2. The van der Waals surface area contributed by atoms with Gasteiger partial charge in [0.25, 0.3) is 30.2 Å². The third-order valence-corrected chi connectivity index (χ3v) is 18.4. The Kier molecular flexibility index (Phi) is 12.8. The fourth-order valence-corrected chi connectivity index (χ4v) is 13.5.